The van der Waals surface area contributed by atoms with E-state index in [0.29, 0.717) is 22.5 Å². The molecule has 0 aromatic heterocycles. The minimum atomic E-state index is -3.42. The molecule has 0 bridgehead atoms. The maximum absolute atomic E-state index is 12.5. The normalized spacial score (nSPS) is 11.6. The summed E-state index contributed by atoms with van der Waals surface area (Å²) in [6, 6.07) is 13.5. The molecule has 8 heteroatoms. The molecule has 0 heterocycles. The number of hydrogen-bond acceptors (Lipinski definition) is 4. The summed E-state index contributed by atoms with van der Waals surface area (Å²) in [6.07, 6.45) is 1.07. The molecule has 0 atom stereocenters. The fourth-order valence-corrected chi connectivity index (χ4v) is 2.91. The Bertz CT molecular complexity index is 979. The zero-order chi connectivity index (χ0) is 20.9. The maximum atomic E-state index is 12.5. The quantitative estimate of drug-likeness (QED) is 0.690. The first-order valence-electron chi connectivity index (χ1n) is 8.71. The van der Waals surface area contributed by atoms with Gasteiger partial charge in [-0.1, -0.05) is 45.0 Å². The number of amides is 2. The molecule has 0 aliphatic heterocycles. The van der Waals surface area contributed by atoms with Crippen molar-refractivity contribution >= 4 is 33.2 Å². The number of para-hydroxylation sites is 1. The molecule has 2 aromatic rings. The highest BCUT2D eigenvalue weighted by Crippen LogP contribution is 2.19. The predicted molar refractivity (Wildman–Crippen MR) is 111 cm³/mol. The number of benzene rings is 2. The van der Waals surface area contributed by atoms with E-state index in [-0.39, 0.29) is 18.4 Å². The van der Waals surface area contributed by atoms with Crippen molar-refractivity contribution < 1.29 is 18.0 Å². The summed E-state index contributed by atoms with van der Waals surface area (Å²) in [4.78, 5) is 24.6. The van der Waals surface area contributed by atoms with Gasteiger partial charge in [0.1, 0.15) is 0 Å². The Labute approximate surface area is 165 Å². The molecule has 0 radical (unpaired) electrons. The van der Waals surface area contributed by atoms with Crippen molar-refractivity contribution in [1.82, 2.24) is 5.32 Å². The molecular formula is C20H25N3O4S. The van der Waals surface area contributed by atoms with Gasteiger partial charge in [0.15, 0.2) is 0 Å². The third-order valence-corrected chi connectivity index (χ3v) is 4.41. The maximum Gasteiger partial charge on any atom is 0.251 e. The van der Waals surface area contributed by atoms with Gasteiger partial charge in [-0.15, -0.1) is 0 Å². The monoisotopic (exact) mass is 403 g/mol. The second-order valence-electron chi connectivity index (χ2n) is 7.50. The fourth-order valence-electron chi connectivity index (χ4n) is 2.31. The third-order valence-electron chi connectivity index (χ3n) is 3.82. The largest absolute Gasteiger partial charge is 0.348 e. The molecule has 150 valence electrons. The van der Waals surface area contributed by atoms with Gasteiger partial charge in [-0.25, -0.2) is 8.42 Å². The summed E-state index contributed by atoms with van der Waals surface area (Å²) < 4.78 is 25.4. The number of rotatable bonds is 6. The molecule has 2 rings (SSSR count). The van der Waals surface area contributed by atoms with Crippen molar-refractivity contribution in [1.29, 1.82) is 0 Å². The van der Waals surface area contributed by atoms with Crippen LogP contribution in [0.5, 0.6) is 0 Å². The summed E-state index contributed by atoms with van der Waals surface area (Å²) in [5.74, 6) is -0.480. The van der Waals surface area contributed by atoms with Gasteiger partial charge in [-0.3, -0.25) is 14.3 Å². The van der Waals surface area contributed by atoms with E-state index in [1.54, 1.807) is 69.3 Å². The fraction of sp³-hybridized carbons (Fsp3) is 0.300. The lowest BCUT2D eigenvalue weighted by Crippen LogP contribution is -2.28. The Kier molecular flexibility index (Phi) is 6.45. The minimum absolute atomic E-state index is 0.147. The van der Waals surface area contributed by atoms with E-state index in [1.807, 2.05) is 0 Å². The Morgan fingerprint density at radius 1 is 1.00 bits per heavy atom. The molecule has 0 fully saturated rings. The Hall–Kier alpha value is -2.87. The van der Waals surface area contributed by atoms with Crippen LogP contribution in [0.15, 0.2) is 48.5 Å². The van der Waals surface area contributed by atoms with Gasteiger partial charge in [0, 0.05) is 23.2 Å². The number of nitrogens with one attached hydrogen (secondary N) is 3. The first-order valence-corrected chi connectivity index (χ1v) is 10.6. The predicted octanol–water partition coefficient (Wildman–Crippen LogP) is 2.97. The number of sulfonamides is 1. The topological polar surface area (TPSA) is 104 Å². The number of hydrogen-bond donors (Lipinski definition) is 3. The van der Waals surface area contributed by atoms with E-state index >= 15 is 0 Å². The van der Waals surface area contributed by atoms with Crippen LogP contribution in [0.2, 0.25) is 0 Å². The van der Waals surface area contributed by atoms with Gasteiger partial charge in [-0.05, 0) is 29.8 Å². The van der Waals surface area contributed by atoms with Crippen LogP contribution in [0.25, 0.3) is 0 Å². The highest BCUT2D eigenvalue weighted by Gasteiger charge is 2.21. The Balaban J connectivity index is 2.09. The Morgan fingerprint density at radius 2 is 1.68 bits per heavy atom. The van der Waals surface area contributed by atoms with Crippen molar-refractivity contribution in [3.8, 4) is 0 Å². The van der Waals surface area contributed by atoms with Gasteiger partial charge in [-0.2, -0.15) is 0 Å². The first-order chi connectivity index (χ1) is 13.0. The van der Waals surface area contributed by atoms with Gasteiger partial charge in [0.25, 0.3) is 5.91 Å². The van der Waals surface area contributed by atoms with E-state index in [9.17, 15) is 18.0 Å². The summed E-state index contributed by atoms with van der Waals surface area (Å²) in [5, 5.41) is 5.56. The highest BCUT2D eigenvalue weighted by molar-refractivity contribution is 7.92. The lowest BCUT2D eigenvalue weighted by molar-refractivity contribution is -0.123. The second-order valence-corrected chi connectivity index (χ2v) is 9.25. The van der Waals surface area contributed by atoms with Crippen molar-refractivity contribution in [2.75, 3.05) is 16.3 Å². The molecule has 2 amide bonds. The third kappa shape index (κ3) is 6.38. The average Bonchev–Trinajstić information content (AvgIpc) is 2.59. The van der Waals surface area contributed by atoms with Crippen molar-refractivity contribution in [3.05, 3.63) is 59.7 Å². The minimum Gasteiger partial charge on any atom is -0.348 e. The molecular weight excluding hydrogens is 378 g/mol. The SMILES string of the molecule is CC(C)(C)C(=O)Nc1cccc(C(=O)NCc2ccccc2NS(C)(=O)=O)c1. The lowest BCUT2D eigenvalue weighted by atomic mass is 9.95. The zero-order valence-corrected chi connectivity index (χ0v) is 17.2. The van der Waals surface area contributed by atoms with E-state index in [0.717, 1.165) is 6.26 Å². The van der Waals surface area contributed by atoms with Gasteiger partial charge >= 0.3 is 0 Å². The molecule has 3 N–H and O–H groups in total. The van der Waals surface area contributed by atoms with Crippen LogP contribution >= 0.6 is 0 Å². The second kappa shape index (κ2) is 8.43. The van der Waals surface area contributed by atoms with E-state index in [1.165, 1.54) is 0 Å². The summed E-state index contributed by atoms with van der Waals surface area (Å²) in [6.45, 7) is 5.57. The molecule has 2 aromatic carbocycles. The number of carbonyl (C=O) groups excluding carboxylic acids is 2. The van der Waals surface area contributed by atoms with Gasteiger partial charge in [0.2, 0.25) is 15.9 Å². The van der Waals surface area contributed by atoms with E-state index in [4.69, 9.17) is 0 Å². The molecule has 0 aliphatic carbocycles. The molecule has 0 spiro atoms. The van der Waals surface area contributed by atoms with Gasteiger partial charge < -0.3 is 10.6 Å². The summed E-state index contributed by atoms with van der Waals surface area (Å²) in [7, 11) is -3.42. The van der Waals surface area contributed by atoms with Crippen molar-refractivity contribution in [2.24, 2.45) is 5.41 Å². The molecule has 0 unspecified atom stereocenters. The standard InChI is InChI=1S/C20H25N3O4S/c1-20(2,3)19(25)22-16-10-7-9-14(12-16)18(24)21-13-15-8-5-6-11-17(15)23-28(4,26)27/h5-12,23H,13H2,1-4H3,(H,21,24)(H,22,25). The van der Waals surface area contributed by atoms with Crippen molar-refractivity contribution in [2.45, 2.75) is 27.3 Å². The van der Waals surface area contributed by atoms with Crippen LogP contribution in [0.1, 0.15) is 36.7 Å². The number of carbonyl (C=O) groups is 2. The van der Waals surface area contributed by atoms with Crippen molar-refractivity contribution in [3.63, 3.8) is 0 Å². The first kappa shape index (κ1) is 21.4. The highest BCUT2D eigenvalue weighted by atomic mass is 32.2. The smallest absolute Gasteiger partial charge is 0.251 e. The van der Waals surface area contributed by atoms with Crippen LogP contribution in [0, 0.1) is 5.41 Å². The molecule has 0 aliphatic rings. The van der Waals surface area contributed by atoms with E-state index in [2.05, 4.69) is 15.4 Å². The van der Waals surface area contributed by atoms with Crippen LogP contribution in [-0.4, -0.2) is 26.5 Å². The van der Waals surface area contributed by atoms with Crippen LogP contribution in [0.4, 0.5) is 11.4 Å². The van der Waals surface area contributed by atoms with Gasteiger partial charge in [0.05, 0.1) is 11.9 Å². The zero-order valence-electron chi connectivity index (χ0n) is 16.4. The van der Waals surface area contributed by atoms with Crippen LogP contribution < -0.4 is 15.4 Å². The number of anilines is 2. The lowest BCUT2D eigenvalue weighted by Gasteiger charge is -2.18. The Morgan fingerprint density at radius 3 is 2.32 bits per heavy atom. The summed E-state index contributed by atoms with van der Waals surface area (Å²) >= 11 is 0. The molecule has 0 saturated heterocycles. The molecule has 0 saturated carbocycles. The molecule has 7 nitrogen and oxygen atoms in total. The molecule has 28 heavy (non-hydrogen) atoms. The average molecular weight is 404 g/mol. The summed E-state index contributed by atoms with van der Waals surface area (Å²) in [5.41, 5.74) is 1.43. The van der Waals surface area contributed by atoms with Crippen LogP contribution in [0.3, 0.4) is 0 Å². The van der Waals surface area contributed by atoms with E-state index < -0.39 is 15.4 Å². The van der Waals surface area contributed by atoms with Crippen LogP contribution in [-0.2, 0) is 21.4 Å².